The zero-order valence-electron chi connectivity index (χ0n) is 21.7. The molecule has 1 saturated heterocycles. The Kier molecular flexibility index (Phi) is 8.01. The highest BCUT2D eigenvalue weighted by Gasteiger charge is 2.34. The third-order valence-electron chi connectivity index (χ3n) is 6.94. The predicted octanol–water partition coefficient (Wildman–Crippen LogP) is 5.92. The number of aromatic nitrogens is 2. The molecular weight excluding hydrogens is 539 g/mol. The summed E-state index contributed by atoms with van der Waals surface area (Å²) in [5, 5.41) is 8.44. The summed E-state index contributed by atoms with van der Waals surface area (Å²) < 4.78 is 19.3. The summed E-state index contributed by atoms with van der Waals surface area (Å²) in [5.41, 5.74) is 2.57. The van der Waals surface area contributed by atoms with E-state index in [0.717, 1.165) is 0 Å². The largest absolute Gasteiger partial charge is 0.453 e. The summed E-state index contributed by atoms with van der Waals surface area (Å²) in [6, 6.07) is 8.58. The Morgan fingerprint density at radius 3 is 2.88 bits per heavy atom. The summed E-state index contributed by atoms with van der Waals surface area (Å²) >= 11 is 5.96. The zero-order valence-corrected chi connectivity index (χ0v) is 22.4. The first-order valence-electron chi connectivity index (χ1n) is 12.8. The maximum Gasteiger partial charge on any atom is 0.411 e. The Hall–Kier alpha value is -4.38. The van der Waals surface area contributed by atoms with Gasteiger partial charge in [-0.25, -0.2) is 19.0 Å². The van der Waals surface area contributed by atoms with E-state index in [4.69, 9.17) is 11.6 Å². The minimum Gasteiger partial charge on any atom is -0.453 e. The number of allylic oxidation sites excluding steroid dienone is 1. The molecule has 40 heavy (non-hydrogen) atoms. The number of nitrogens with one attached hydrogen (secondary N) is 4. The summed E-state index contributed by atoms with van der Waals surface area (Å²) in [5.74, 6) is -0.155. The van der Waals surface area contributed by atoms with Gasteiger partial charge in [0.05, 0.1) is 41.8 Å². The van der Waals surface area contributed by atoms with Crippen molar-refractivity contribution in [3.8, 4) is 11.3 Å². The molecule has 1 fully saturated rings. The molecule has 3 heterocycles. The van der Waals surface area contributed by atoms with E-state index in [9.17, 15) is 18.8 Å². The monoisotopic (exact) mass is 566 g/mol. The van der Waals surface area contributed by atoms with Crippen LogP contribution in [0.3, 0.4) is 0 Å². The highest BCUT2D eigenvalue weighted by molar-refractivity contribution is 6.30. The molecule has 2 bridgehead atoms. The van der Waals surface area contributed by atoms with Crippen LogP contribution in [0.1, 0.15) is 49.2 Å². The molecule has 3 aromatic rings. The molecule has 5 rings (SSSR count). The maximum atomic E-state index is 14.6. The normalized spacial score (nSPS) is 20.1. The first-order valence-corrected chi connectivity index (χ1v) is 13.2. The molecular formula is C28H28ClFN6O4. The number of halogens is 2. The number of ether oxygens (including phenoxy) is 1. The zero-order chi connectivity index (χ0) is 28.2. The smallest absolute Gasteiger partial charge is 0.411 e. The number of carbonyl (C=O) groups is 3. The number of H-pyrrole nitrogens is 1. The van der Waals surface area contributed by atoms with Crippen molar-refractivity contribution in [1.29, 1.82) is 0 Å². The molecule has 4 amide bonds. The minimum atomic E-state index is -0.632. The number of aromatic amines is 1. The first kappa shape index (κ1) is 27.2. The van der Waals surface area contributed by atoms with Gasteiger partial charge in [0.2, 0.25) is 5.91 Å². The number of amides is 4. The van der Waals surface area contributed by atoms with Crippen LogP contribution in [0, 0.1) is 5.82 Å². The lowest BCUT2D eigenvalue weighted by Gasteiger charge is -2.37. The topological polar surface area (TPSA) is 128 Å². The number of nitrogens with zero attached hydrogens (tertiary/aromatic N) is 2. The molecule has 2 atom stereocenters. The SMILES string of the molecule is COC(=O)Nc1ccc2c(c1)NC(=O)CC/C=C/C[C@H](N1CC[C@@H](c3cccc(Cl)c3F)NC1=O)c1ncc-2[nH]1. The lowest BCUT2D eigenvalue weighted by Crippen LogP contribution is -2.49. The number of methoxy groups -OCH3 is 1. The van der Waals surface area contributed by atoms with Crippen LogP contribution >= 0.6 is 11.6 Å². The van der Waals surface area contributed by atoms with Gasteiger partial charge in [-0.05, 0) is 43.5 Å². The van der Waals surface area contributed by atoms with Gasteiger partial charge >= 0.3 is 12.1 Å². The number of imidazole rings is 1. The number of rotatable bonds is 3. The second-order valence-corrected chi connectivity index (χ2v) is 9.90. The van der Waals surface area contributed by atoms with E-state index in [1.807, 2.05) is 12.2 Å². The van der Waals surface area contributed by atoms with E-state index in [0.29, 0.717) is 59.8 Å². The molecule has 2 aliphatic rings. The Balaban J connectivity index is 1.44. The van der Waals surface area contributed by atoms with E-state index in [2.05, 4.69) is 30.7 Å². The van der Waals surface area contributed by atoms with Crippen LogP contribution in [0.15, 0.2) is 54.7 Å². The lowest BCUT2D eigenvalue weighted by molar-refractivity contribution is -0.116. The van der Waals surface area contributed by atoms with Crippen molar-refractivity contribution in [3.05, 3.63) is 77.0 Å². The predicted molar refractivity (Wildman–Crippen MR) is 148 cm³/mol. The van der Waals surface area contributed by atoms with Gasteiger partial charge in [-0.2, -0.15) is 0 Å². The molecule has 0 radical (unpaired) electrons. The van der Waals surface area contributed by atoms with Crippen LogP contribution in [-0.4, -0.2) is 46.6 Å². The van der Waals surface area contributed by atoms with Crippen molar-refractivity contribution >= 4 is 41.0 Å². The van der Waals surface area contributed by atoms with Crippen LogP contribution in [0.2, 0.25) is 5.02 Å². The van der Waals surface area contributed by atoms with Crippen molar-refractivity contribution < 1.29 is 23.5 Å². The van der Waals surface area contributed by atoms with E-state index in [-0.39, 0.29) is 23.4 Å². The number of hydrogen-bond acceptors (Lipinski definition) is 5. The molecule has 4 N–H and O–H groups in total. The maximum absolute atomic E-state index is 14.6. The standard InChI is InChI=1S/C28H28ClFN6O4/c1-40-28(39)32-16-10-11-17-21(14-16)33-24(37)9-4-2-3-8-23(26-31-15-22(17)34-26)36-13-12-20(35-27(36)38)18-6-5-7-19(29)25(18)30/h2-3,5-7,10-11,14-15,20,23H,4,8-9,12-13H2,1H3,(H,31,34)(H,32,39)(H,33,37)(H,35,38)/b3-2+/t20-,23-/m0/s1. The second-order valence-electron chi connectivity index (χ2n) is 9.50. The average molecular weight is 567 g/mol. The highest BCUT2D eigenvalue weighted by atomic mass is 35.5. The van der Waals surface area contributed by atoms with Crippen molar-refractivity contribution in [1.82, 2.24) is 20.2 Å². The molecule has 12 heteroatoms. The van der Waals surface area contributed by atoms with Crippen molar-refractivity contribution in [2.24, 2.45) is 0 Å². The van der Waals surface area contributed by atoms with Crippen LogP contribution in [0.5, 0.6) is 0 Å². The number of fused-ring (bicyclic) bond motifs is 4. The number of hydrogen-bond donors (Lipinski definition) is 4. The molecule has 2 aromatic carbocycles. The summed E-state index contributed by atoms with van der Waals surface area (Å²) in [6.07, 6.45) is 6.53. The Morgan fingerprint density at radius 1 is 1.23 bits per heavy atom. The van der Waals surface area contributed by atoms with Gasteiger partial charge in [-0.3, -0.25) is 10.1 Å². The number of anilines is 2. The van der Waals surface area contributed by atoms with E-state index >= 15 is 0 Å². The van der Waals surface area contributed by atoms with E-state index in [1.165, 1.54) is 13.2 Å². The third kappa shape index (κ3) is 5.79. The average Bonchev–Trinajstić information content (AvgIpc) is 3.42. The lowest BCUT2D eigenvalue weighted by atomic mass is 10.00. The Labute approximate surface area is 234 Å². The van der Waals surface area contributed by atoms with Crippen molar-refractivity contribution in [3.63, 3.8) is 0 Å². The van der Waals surface area contributed by atoms with E-state index < -0.39 is 24.0 Å². The van der Waals surface area contributed by atoms with Crippen LogP contribution in [0.25, 0.3) is 11.3 Å². The summed E-state index contributed by atoms with van der Waals surface area (Å²) in [7, 11) is 1.27. The van der Waals surface area contributed by atoms with Crippen LogP contribution < -0.4 is 16.0 Å². The van der Waals surface area contributed by atoms with Gasteiger partial charge in [0, 0.05) is 29.8 Å². The summed E-state index contributed by atoms with van der Waals surface area (Å²) in [6.45, 7) is 0.371. The van der Waals surface area contributed by atoms with Crippen LogP contribution in [-0.2, 0) is 9.53 Å². The van der Waals surface area contributed by atoms with Gasteiger partial charge < -0.3 is 25.3 Å². The van der Waals surface area contributed by atoms with Crippen molar-refractivity contribution in [2.45, 2.75) is 37.8 Å². The number of carbonyl (C=O) groups excluding carboxylic acids is 3. The molecule has 208 valence electrons. The van der Waals surface area contributed by atoms with Crippen molar-refractivity contribution in [2.75, 3.05) is 24.3 Å². The van der Waals surface area contributed by atoms with Gasteiger partial charge in [0.25, 0.3) is 0 Å². The minimum absolute atomic E-state index is 0.0131. The molecule has 10 nitrogen and oxygen atoms in total. The molecule has 0 saturated carbocycles. The molecule has 0 aliphatic carbocycles. The molecule has 2 aliphatic heterocycles. The Morgan fingerprint density at radius 2 is 2.08 bits per heavy atom. The quantitative estimate of drug-likeness (QED) is 0.292. The fourth-order valence-corrected chi connectivity index (χ4v) is 5.10. The van der Waals surface area contributed by atoms with Gasteiger partial charge in [-0.15, -0.1) is 0 Å². The number of urea groups is 1. The molecule has 1 aromatic heterocycles. The van der Waals surface area contributed by atoms with Gasteiger partial charge in [0.1, 0.15) is 11.6 Å². The fourth-order valence-electron chi connectivity index (χ4n) is 4.92. The second kappa shape index (κ2) is 11.8. The number of benzene rings is 2. The van der Waals surface area contributed by atoms with Gasteiger partial charge in [-0.1, -0.05) is 35.9 Å². The molecule has 0 unspecified atom stereocenters. The highest BCUT2D eigenvalue weighted by Crippen LogP contribution is 2.35. The molecule has 0 spiro atoms. The first-order chi connectivity index (χ1) is 19.3. The summed E-state index contributed by atoms with van der Waals surface area (Å²) in [4.78, 5) is 47.3. The van der Waals surface area contributed by atoms with Crippen LogP contribution in [0.4, 0.5) is 25.4 Å². The van der Waals surface area contributed by atoms with Gasteiger partial charge in [0.15, 0.2) is 0 Å². The van der Waals surface area contributed by atoms with E-state index in [1.54, 1.807) is 41.4 Å². The fraction of sp³-hybridized carbons (Fsp3) is 0.286. The third-order valence-corrected chi connectivity index (χ3v) is 7.23. The Bertz CT molecular complexity index is 1470.